The van der Waals surface area contributed by atoms with Gasteiger partial charge in [-0.3, -0.25) is 4.98 Å². The Morgan fingerprint density at radius 2 is 2.19 bits per heavy atom. The van der Waals surface area contributed by atoms with E-state index in [1.54, 1.807) is 0 Å². The van der Waals surface area contributed by atoms with Gasteiger partial charge in [0.2, 0.25) is 10.0 Å². The van der Waals surface area contributed by atoms with Crippen molar-refractivity contribution in [2.45, 2.75) is 23.8 Å². The lowest BCUT2D eigenvalue weighted by Crippen LogP contribution is -2.26. The minimum Gasteiger partial charge on any atom is -0.388 e. The molecule has 0 unspecified atom stereocenters. The van der Waals surface area contributed by atoms with Gasteiger partial charge in [0.15, 0.2) is 0 Å². The summed E-state index contributed by atoms with van der Waals surface area (Å²) in [6.07, 6.45) is 3.06. The largest absolute Gasteiger partial charge is 0.388 e. The number of thiocarbonyl (C=S) groups is 1. The van der Waals surface area contributed by atoms with Gasteiger partial charge in [-0.05, 0) is 25.0 Å². The van der Waals surface area contributed by atoms with Crippen LogP contribution in [0.4, 0.5) is 0 Å². The van der Waals surface area contributed by atoms with E-state index in [9.17, 15) is 8.42 Å². The minimum absolute atomic E-state index is 0.0836. The number of aromatic nitrogens is 1. The predicted molar refractivity (Wildman–Crippen MR) is 63.5 cm³/mol. The molecule has 0 aromatic carbocycles. The van der Waals surface area contributed by atoms with E-state index in [0.717, 1.165) is 12.8 Å². The molecule has 0 saturated heterocycles. The third kappa shape index (κ3) is 2.55. The van der Waals surface area contributed by atoms with E-state index < -0.39 is 10.0 Å². The zero-order valence-electron chi connectivity index (χ0n) is 8.38. The number of nitrogens with one attached hydrogen (secondary N) is 1. The van der Waals surface area contributed by atoms with Crippen LogP contribution >= 0.6 is 12.2 Å². The molecule has 1 aromatic rings. The van der Waals surface area contributed by atoms with Crippen molar-refractivity contribution in [1.82, 2.24) is 9.71 Å². The highest BCUT2D eigenvalue weighted by Gasteiger charge is 2.28. The van der Waals surface area contributed by atoms with E-state index in [0.29, 0.717) is 5.69 Å². The number of sulfonamides is 1. The van der Waals surface area contributed by atoms with Crippen LogP contribution in [-0.4, -0.2) is 24.4 Å². The van der Waals surface area contributed by atoms with Crippen molar-refractivity contribution in [3.63, 3.8) is 0 Å². The average molecular weight is 257 g/mol. The second kappa shape index (κ2) is 4.08. The summed E-state index contributed by atoms with van der Waals surface area (Å²) in [4.78, 5) is 4.18. The quantitative estimate of drug-likeness (QED) is 0.750. The summed E-state index contributed by atoms with van der Waals surface area (Å²) in [5.41, 5.74) is 5.78. The van der Waals surface area contributed by atoms with Crippen LogP contribution in [-0.2, 0) is 10.0 Å². The van der Waals surface area contributed by atoms with Crippen LogP contribution < -0.4 is 10.5 Å². The van der Waals surface area contributed by atoms with Crippen LogP contribution in [0.5, 0.6) is 0 Å². The molecule has 2 rings (SSSR count). The van der Waals surface area contributed by atoms with E-state index in [4.69, 9.17) is 18.0 Å². The summed E-state index contributed by atoms with van der Waals surface area (Å²) < 4.78 is 26.1. The van der Waals surface area contributed by atoms with Gasteiger partial charge >= 0.3 is 0 Å². The monoisotopic (exact) mass is 257 g/mol. The molecule has 16 heavy (non-hydrogen) atoms. The van der Waals surface area contributed by atoms with Crippen molar-refractivity contribution in [1.29, 1.82) is 0 Å². The zero-order chi connectivity index (χ0) is 11.8. The molecule has 86 valence electrons. The van der Waals surface area contributed by atoms with E-state index >= 15 is 0 Å². The molecule has 1 saturated carbocycles. The Morgan fingerprint density at radius 3 is 2.62 bits per heavy atom. The van der Waals surface area contributed by atoms with Crippen molar-refractivity contribution in [2.75, 3.05) is 0 Å². The molecule has 0 radical (unpaired) electrons. The normalized spacial score (nSPS) is 16.0. The molecule has 7 heteroatoms. The van der Waals surface area contributed by atoms with Crippen LogP contribution in [0.1, 0.15) is 18.5 Å². The molecule has 0 amide bonds. The standard InChI is InChI=1S/C9H11N3O2S2/c10-9(15)8-4-3-7(5-11-8)16(13,14)12-6-1-2-6/h3-6,12H,1-2H2,(H2,10,15). The third-order valence-corrected chi connectivity index (χ3v) is 3.91. The van der Waals surface area contributed by atoms with Crippen molar-refractivity contribution in [2.24, 2.45) is 5.73 Å². The van der Waals surface area contributed by atoms with Gasteiger partial charge in [0, 0.05) is 12.2 Å². The number of hydrogen-bond donors (Lipinski definition) is 2. The van der Waals surface area contributed by atoms with Crippen molar-refractivity contribution in [3.05, 3.63) is 24.0 Å². The molecule has 1 aliphatic rings. The smallest absolute Gasteiger partial charge is 0.242 e. The Balaban J connectivity index is 2.23. The average Bonchev–Trinajstić information content (AvgIpc) is 3.01. The minimum atomic E-state index is -3.44. The molecule has 1 aliphatic carbocycles. The third-order valence-electron chi connectivity index (χ3n) is 2.20. The number of nitrogens with two attached hydrogens (primary N) is 1. The summed E-state index contributed by atoms with van der Waals surface area (Å²) in [5, 5.41) is 0. The zero-order valence-corrected chi connectivity index (χ0v) is 10.0. The number of nitrogens with zero attached hydrogens (tertiary/aromatic N) is 1. The Labute approximate surface area is 99.1 Å². The highest BCUT2D eigenvalue weighted by Crippen LogP contribution is 2.21. The SMILES string of the molecule is NC(=S)c1ccc(S(=O)(=O)NC2CC2)cn1. The highest BCUT2D eigenvalue weighted by molar-refractivity contribution is 7.89. The second-order valence-electron chi connectivity index (χ2n) is 3.64. The molecule has 5 nitrogen and oxygen atoms in total. The lowest BCUT2D eigenvalue weighted by molar-refractivity contribution is 0.580. The summed E-state index contributed by atoms with van der Waals surface area (Å²) >= 11 is 4.73. The molecule has 3 N–H and O–H groups in total. The van der Waals surface area contributed by atoms with Crippen LogP contribution in [0.3, 0.4) is 0 Å². The van der Waals surface area contributed by atoms with E-state index in [-0.39, 0.29) is 15.9 Å². The van der Waals surface area contributed by atoms with Gasteiger partial charge in [-0.1, -0.05) is 12.2 Å². The Morgan fingerprint density at radius 1 is 1.50 bits per heavy atom. The van der Waals surface area contributed by atoms with E-state index in [2.05, 4.69) is 9.71 Å². The highest BCUT2D eigenvalue weighted by atomic mass is 32.2. The Bertz CT molecular complexity index is 506. The molecule has 1 aromatic heterocycles. The van der Waals surface area contributed by atoms with Gasteiger partial charge in [-0.25, -0.2) is 13.1 Å². The Kier molecular flexibility index (Phi) is 2.92. The van der Waals surface area contributed by atoms with E-state index in [1.165, 1.54) is 18.3 Å². The predicted octanol–water partition coefficient (Wildman–Crippen LogP) is 0.156. The molecule has 0 aliphatic heterocycles. The topological polar surface area (TPSA) is 85.1 Å². The fourth-order valence-corrected chi connectivity index (χ4v) is 2.54. The molecule has 0 spiro atoms. The van der Waals surface area contributed by atoms with Gasteiger partial charge < -0.3 is 5.73 Å². The maximum absolute atomic E-state index is 11.7. The van der Waals surface area contributed by atoms with Gasteiger partial charge in [-0.15, -0.1) is 0 Å². The van der Waals surface area contributed by atoms with Crippen LogP contribution in [0.15, 0.2) is 23.2 Å². The van der Waals surface area contributed by atoms with Crippen LogP contribution in [0.2, 0.25) is 0 Å². The number of pyridine rings is 1. The summed E-state index contributed by atoms with van der Waals surface area (Å²) in [7, 11) is -3.44. The lowest BCUT2D eigenvalue weighted by Gasteiger charge is -2.05. The maximum Gasteiger partial charge on any atom is 0.242 e. The van der Waals surface area contributed by atoms with Gasteiger partial charge in [0.1, 0.15) is 9.88 Å². The molecular formula is C9H11N3O2S2. The van der Waals surface area contributed by atoms with Crippen LogP contribution in [0, 0.1) is 0 Å². The van der Waals surface area contributed by atoms with E-state index in [1.807, 2.05) is 0 Å². The summed E-state index contributed by atoms with van der Waals surface area (Å²) in [5.74, 6) is 0. The van der Waals surface area contributed by atoms with Crippen molar-refractivity contribution >= 4 is 27.2 Å². The van der Waals surface area contributed by atoms with Gasteiger partial charge in [0.05, 0.1) is 5.69 Å². The van der Waals surface area contributed by atoms with Crippen molar-refractivity contribution < 1.29 is 8.42 Å². The summed E-state index contributed by atoms with van der Waals surface area (Å²) in [6, 6.07) is 3.04. The Hall–Kier alpha value is -1.05. The number of rotatable bonds is 4. The molecule has 1 fully saturated rings. The summed E-state index contributed by atoms with van der Waals surface area (Å²) in [6.45, 7) is 0. The molecule has 0 bridgehead atoms. The lowest BCUT2D eigenvalue weighted by atomic mass is 10.3. The maximum atomic E-state index is 11.7. The first-order valence-electron chi connectivity index (χ1n) is 4.77. The van der Waals surface area contributed by atoms with Crippen molar-refractivity contribution in [3.8, 4) is 0 Å². The van der Waals surface area contributed by atoms with Gasteiger partial charge in [0.25, 0.3) is 0 Å². The first-order chi connectivity index (χ1) is 7.49. The number of hydrogen-bond acceptors (Lipinski definition) is 4. The molecule has 1 heterocycles. The van der Waals surface area contributed by atoms with Crippen LogP contribution in [0.25, 0.3) is 0 Å². The fraction of sp³-hybridized carbons (Fsp3) is 0.333. The molecular weight excluding hydrogens is 246 g/mol. The second-order valence-corrected chi connectivity index (χ2v) is 5.79. The molecule has 0 atom stereocenters. The fourth-order valence-electron chi connectivity index (χ4n) is 1.17. The first kappa shape index (κ1) is 11.4. The van der Waals surface area contributed by atoms with Gasteiger partial charge in [-0.2, -0.15) is 0 Å². The first-order valence-corrected chi connectivity index (χ1v) is 6.66.